The van der Waals surface area contributed by atoms with E-state index >= 15 is 0 Å². The van der Waals surface area contributed by atoms with Crippen LogP contribution in [0.1, 0.15) is 26.2 Å². The number of carbonyl (C=O) groups excluding carboxylic acids is 1. The summed E-state index contributed by atoms with van der Waals surface area (Å²) in [5.41, 5.74) is 2.50. The zero-order valence-electron chi connectivity index (χ0n) is 8.01. The summed E-state index contributed by atoms with van der Waals surface area (Å²) in [5.74, 6) is 0.0995. The molecular formula is C9H16N2O2. The van der Waals surface area contributed by atoms with Crippen LogP contribution in [0.4, 0.5) is 0 Å². The van der Waals surface area contributed by atoms with Crippen molar-refractivity contribution in [3.8, 4) is 0 Å². The van der Waals surface area contributed by atoms with E-state index in [-0.39, 0.29) is 5.91 Å². The molecule has 1 unspecified atom stereocenters. The molecule has 0 spiro atoms. The van der Waals surface area contributed by atoms with E-state index in [1.54, 1.807) is 5.01 Å². The van der Waals surface area contributed by atoms with Gasteiger partial charge in [0.2, 0.25) is 0 Å². The largest absolute Gasteiger partial charge is 0.365 e. The summed E-state index contributed by atoms with van der Waals surface area (Å²) in [4.78, 5) is 11.9. The highest BCUT2D eigenvalue weighted by atomic mass is 16.5. The fraction of sp³-hybridized carbons (Fsp3) is 0.889. The Labute approximate surface area is 78.2 Å². The molecule has 74 valence electrons. The molecule has 2 heterocycles. The van der Waals surface area contributed by atoms with Crippen molar-refractivity contribution in [1.82, 2.24) is 10.4 Å². The fourth-order valence-corrected chi connectivity index (χ4v) is 1.94. The third-order valence-electron chi connectivity index (χ3n) is 2.78. The van der Waals surface area contributed by atoms with Gasteiger partial charge in [0.15, 0.2) is 0 Å². The number of hydrogen-bond donors (Lipinski definition) is 1. The smallest absolute Gasteiger partial charge is 0.268 e. The number of rotatable bonds is 1. The Hall–Kier alpha value is -0.610. The van der Waals surface area contributed by atoms with Crippen molar-refractivity contribution in [2.24, 2.45) is 0 Å². The first-order valence-corrected chi connectivity index (χ1v) is 4.92. The van der Waals surface area contributed by atoms with Crippen LogP contribution >= 0.6 is 0 Å². The van der Waals surface area contributed by atoms with Crippen LogP contribution in [0, 0.1) is 0 Å². The average Bonchev–Trinajstić information content (AvgIpc) is 2.73. The minimum Gasteiger partial charge on any atom is -0.365 e. The van der Waals surface area contributed by atoms with E-state index in [0.717, 1.165) is 39.0 Å². The maximum Gasteiger partial charge on any atom is 0.268 e. The van der Waals surface area contributed by atoms with Crippen molar-refractivity contribution in [3.05, 3.63) is 0 Å². The number of hydrazine groups is 1. The van der Waals surface area contributed by atoms with Gasteiger partial charge in [0, 0.05) is 19.7 Å². The Morgan fingerprint density at radius 3 is 2.92 bits per heavy atom. The summed E-state index contributed by atoms with van der Waals surface area (Å²) < 4.78 is 5.48. The summed E-state index contributed by atoms with van der Waals surface area (Å²) in [5, 5.41) is 1.70. The van der Waals surface area contributed by atoms with Crippen molar-refractivity contribution in [3.63, 3.8) is 0 Å². The van der Waals surface area contributed by atoms with Gasteiger partial charge in [-0.1, -0.05) is 0 Å². The van der Waals surface area contributed by atoms with Crippen LogP contribution in [0.5, 0.6) is 0 Å². The lowest BCUT2D eigenvalue weighted by Gasteiger charge is -2.27. The molecule has 0 aliphatic carbocycles. The highest BCUT2D eigenvalue weighted by Gasteiger charge is 2.41. The van der Waals surface area contributed by atoms with Gasteiger partial charge in [-0.3, -0.25) is 9.80 Å². The highest BCUT2D eigenvalue weighted by Crippen LogP contribution is 2.27. The maximum atomic E-state index is 11.9. The van der Waals surface area contributed by atoms with E-state index in [1.165, 1.54) is 0 Å². The van der Waals surface area contributed by atoms with Crippen molar-refractivity contribution < 1.29 is 9.53 Å². The number of nitrogens with zero attached hydrogens (tertiary/aromatic N) is 1. The zero-order valence-corrected chi connectivity index (χ0v) is 8.01. The average molecular weight is 184 g/mol. The number of carbonyl (C=O) groups is 1. The lowest BCUT2D eigenvalue weighted by atomic mass is 10.0. The van der Waals surface area contributed by atoms with Crippen molar-refractivity contribution in [2.45, 2.75) is 31.8 Å². The van der Waals surface area contributed by atoms with E-state index in [1.807, 2.05) is 6.92 Å². The zero-order chi connectivity index (χ0) is 9.31. The molecule has 0 aromatic carbocycles. The van der Waals surface area contributed by atoms with Crippen LogP contribution in [0.15, 0.2) is 0 Å². The summed E-state index contributed by atoms with van der Waals surface area (Å²) in [6.45, 7) is 4.33. The molecule has 0 radical (unpaired) electrons. The lowest BCUT2D eigenvalue weighted by molar-refractivity contribution is -0.152. The van der Waals surface area contributed by atoms with E-state index < -0.39 is 5.60 Å². The molecule has 0 saturated carbocycles. The maximum absolute atomic E-state index is 11.9. The molecule has 13 heavy (non-hydrogen) atoms. The SMILES string of the molecule is CC1(C(=O)N2CCCN2)CCCO1. The van der Waals surface area contributed by atoms with E-state index in [2.05, 4.69) is 5.43 Å². The first-order valence-electron chi connectivity index (χ1n) is 4.92. The molecule has 2 aliphatic rings. The molecule has 2 rings (SSSR count). The van der Waals surface area contributed by atoms with E-state index in [0.29, 0.717) is 0 Å². The van der Waals surface area contributed by atoms with Gasteiger partial charge < -0.3 is 4.74 Å². The molecule has 1 amide bonds. The van der Waals surface area contributed by atoms with Crippen LogP contribution in [0.2, 0.25) is 0 Å². The van der Waals surface area contributed by atoms with Crippen LogP contribution < -0.4 is 5.43 Å². The van der Waals surface area contributed by atoms with Gasteiger partial charge in [-0.15, -0.1) is 0 Å². The molecule has 2 saturated heterocycles. The molecule has 2 aliphatic heterocycles. The van der Waals surface area contributed by atoms with Gasteiger partial charge >= 0.3 is 0 Å². The standard InChI is InChI=1S/C9H16N2O2/c1-9(4-2-7-13-9)8(12)11-6-3-5-10-11/h10H,2-7H2,1H3. The molecule has 2 fully saturated rings. The van der Waals surface area contributed by atoms with Crippen molar-refractivity contribution in [2.75, 3.05) is 19.7 Å². The quantitative estimate of drug-likeness (QED) is 0.637. The monoisotopic (exact) mass is 184 g/mol. The third kappa shape index (κ3) is 1.56. The number of hydrogen-bond acceptors (Lipinski definition) is 3. The third-order valence-corrected chi connectivity index (χ3v) is 2.78. The Balaban J connectivity index is 2.02. The molecular weight excluding hydrogens is 168 g/mol. The predicted molar refractivity (Wildman–Crippen MR) is 47.9 cm³/mol. The second-order valence-corrected chi connectivity index (χ2v) is 3.90. The van der Waals surface area contributed by atoms with E-state index in [4.69, 9.17) is 4.74 Å². The lowest BCUT2D eigenvalue weighted by Crippen LogP contribution is -2.49. The molecule has 4 nitrogen and oxygen atoms in total. The summed E-state index contributed by atoms with van der Waals surface area (Å²) in [7, 11) is 0. The predicted octanol–water partition coefficient (Wildman–Crippen LogP) is 0.292. The molecule has 0 aromatic heterocycles. The van der Waals surface area contributed by atoms with Crippen molar-refractivity contribution in [1.29, 1.82) is 0 Å². The van der Waals surface area contributed by atoms with Crippen LogP contribution in [-0.4, -0.2) is 36.2 Å². The molecule has 1 atom stereocenters. The Morgan fingerprint density at radius 2 is 2.38 bits per heavy atom. The minimum absolute atomic E-state index is 0.0995. The topological polar surface area (TPSA) is 41.6 Å². The van der Waals surface area contributed by atoms with Gasteiger partial charge in [-0.05, 0) is 26.2 Å². The Bertz CT molecular complexity index is 206. The first-order chi connectivity index (χ1) is 6.22. The van der Waals surface area contributed by atoms with Gasteiger partial charge in [-0.2, -0.15) is 0 Å². The van der Waals surface area contributed by atoms with Gasteiger partial charge in [0.1, 0.15) is 5.60 Å². The summed E-state index contributed by atoms with van der Waals surface area (Å²) in [6, 6.07) is 0. The van der Waals surface area contributed by atoms with Gasteiger partial charge in [0.05, 0.1) is 0 Å². The first kappa shape index (κ1) is 8.97. The highest BCUT2D eigenvalue weighted by molar-refractivity contribution is 5.84. The number of nitrogens with one attached hydrogen (secondary N) is 1. The van der Waals surface area contributed by atoms with Crippen LogP contribution in [-0.2, 0) is 9.53 Å². The second kappa shape index (κ2) is 3.27. The molecule has 1 N–H and O–H groups in total. The molecule has 0 aromatic rings. The summed E-state index contributed by atoms with van der Waals surface area (Å²) >= 11 is 0. The Morgan fingerprint density at radius 1 is 1.54 bits per heavy atom. The Kier molecular flexibility index (Phi) is 2.26. The minimum atomic E-state index is -0.558. The fourth-order valence-electron chi connectivity index (χ4n) is 1.94. The normalized spacial score (nSPS) is 34.1. The van der Waals surface area contributed by atoms with Crippen LogP contribution in [0.25, 0.3) is 0 Å². The summed E-state index contributed by atoms with van der Waals surface area (Å²) in [6.07, 6.45) is 2.89. The van der Waals surface area contributed by atoms with Gasteiger partial charge in [-0.25, -0.2) is 5.43 Å². The number of ether oxygens (including phenoxy) is 1. The second-order valence-electron chi connectivity index (χ2n) is 3.90. The van der Waals surface area contributed by atoms with Gasteiger partial charge in [0.25, 0.3) is 5.91 Å². The molecule has 4 heteroatoms. The van der Waals surface area contributed by atoms with E-state index in [9.17, 15) is 4.79 Å². The molecule has 0 bridgehead atoms. The van der Waals surface area contributed by atoms with Crippen molar-refractivity contribution >= 4 is 5.91 Å². The number of amides is 1. The van der Waals surface area contributed by atoms with Crippen LogP contribution in [0.3, 0.4) is 0 Å².